The smallest absolute Gasteiger partial charge is 0.319 e. The first-order chi connectivity index (χ1) is 9.59. The van der Waals surface area contributed by atoms with Gasteiger partial charge in [0.15, 0.2) is 5.52 Å². The Labute approximate surface area is 120 Å². The highest BCUT2D eigenvalue weighted by atomic mass is 32.1. The van der Waals surface area contributed by atoms with Crippen LogP contribution in [0.4, 0.5) is 11.4 Å². The predicted molar refractivity (Wildman–Crippen MR) is 80.4 cm³/mol. The van der Waals surface area contributed by atoms with Gasteiger partial charge in [-0.1, -0.05) is 13.8 Å². The van der Waals surface area contributed by atoms with E-state index in [1.807, 2.05) is 6.07 Å². The molecule has 0 spiro atoms. The first-order valence-electron chi connectivity index (χ1n) is 6.41. The minimum atomic E-state index is -0.390. The molecule has 0 saturated carbocycles. The zero-order chi connectivity index (χ0) is 14.5. The molecule has 1 heterocycles. The Morgan fingerprint density at radius 2 is 2.30 bits per heavy atom. The third-order valence-electron chi connectivity index (χ3n) is 2.67. The Morgan fingerprint density at radius 3 is 3.00 bits per heavy atom. The molecule has 2 rings (SSSR count). The maximum absolute atomic E-state index is 11.2. The Kier molecular flexibility index (Phi) is 4.86. The molecule has 0 saturated heterocycles. The van der Waals surface area contributed by atoms with Crippen LogP contribution in [0, 0.1) is 16.0 Å². The van der Waals surface area contributed by atoms with Crippen LogP contribution < -0.4 is 5.32 Å². The van der Waals surface area contributed by atoms with E-state index in [1.165, 1.54) is 11.3 Å². The molecular formula is C13H17N3O3S. The van der Waals surface area contributed by atoms with Gasteiger partial charge in [0.2, 0.25) is 0 Å². The second-order valence-electron chi connectivity index (χ2n) is 4.81. The van der Waals surface area contributed by atoms with Gasteiger partial charge in [-0.2, -0.15) is 0 Å². The second kappa shape index (κ2) is 6.62. The summed E-state index contributed by atoms with van der Waals surface area (Å²) in [7, 11) is 0. The van der Waals surface area contributed by atoms with Gasteiger partial charge in [-0.15, -0.1) is 11.3 Å². The van der Waals surface area contributed by atoms with Crippen molar-refractivity contribution < 1.29 is 9.66 Å². The molecule has 1 aromatic carbocycles. The number of thiazole rings is 1. The van der Waals surface area contributed by atoms with Crippen LogP contribution in [0.1, 0.15) is 13.8 Å². The average molecular weight is 295 g/mol. The van der Waals surface area contributed by atoms with Gasteiger partial charge in [-0.05, 0) is 18.1 Å². The summed E-state index contributed by atoms with van der Waals surface area (Å²) < 4.78 is 6.26. The van der Waals surface area contributed by atoms with E-state index in [-0.39, 0.29) is 10.6 Å². The Balaban J connectivity index is 2.05. The van der Waals surface area contributed by atoms with Crippen LogP contribution in [0.5, 0.6) is 0 Å². The van der Waals surface area contributed by atoms with Gasteiger partial charge >= 0.3 is 5.69 Å². The minimum absolute atomic E-state index is 0.0348. The van der Waals surface area contributed by atoms with Crippen molar-refractivity contribution in [3.05, 3.63) is 27.8 Å². The van der Waals surface area contributed by atoms with E-state index >= 15 is 0 Å². The molecule has 0 aliphatic rings. The lowest BCUT2D eigenvalue weighted by Crippen LogP contribution is -2.13. The number of nitro benzene ring substituents is 1. The lowest BCUT2D eigenvalue weighted by molar-refractivity contribution is -0.382. The van der Waals surface area contributed by atoms with E-state index in [1.54, 1.807) is 11.6 Å². The molecule has 1 N–H and O–H groups in total. The van der Waals surface area contributed by atoms with Crippen LogP contribution in [0.15, 0.2) is 17.6 Å². The fraction of sp³-hybridized carbons (Fsp3) is 0.462. The van der Waals surface area contributed by atoms with Gasteiger partial charge in [-0.25, -0.2) is 4.98 Å². The van der Waals surface area contributed by atoms with Crippen molar-refractivity contribution in [2.75, 3.05) is 25.1 Å². The number of nitrogens with zero attached hydrogens (tertiary/aromatic N) is 2. The standard InChI is InChI=1S/C13H17N3O3S/c1-9(2)7-19-6-5-14-10-3-4-11-12(15-8-20-11)13(10)16(17)18/h3-4,8-9,14H,5-7H2,1-2H3. The molecule has 0 bridgehead atoms. The molecule has 0 aliphatic heterocycles. The molecule has 0 amide bonds. The van der Waals surface area contributed by atoms with Crippen molar-refractivity contribution in [2.45, 2.75) is 13.8 Å². The number of hydrogen-bond donors (Lipinski definition) is 1. The molecule has 1 aromatic heterocycles. The van der Waals surface area contributed by atoms with Gasteiger partial charge in [-0.3, -0.25) is 10.1 Å². The number of anilines is 1. The monoisotopic (exact) mass is 295 g/mol. The van der Waals surface area contributed by atoms with E-state index in [0.29, 0.717) is 36.9 Å². The lowest BCUT2D eigenvalue weighted by atomic mass is 10.2. The summed E-state index contributed by atoms with van der Waals surface area (Å²) in [4.78, 5) is 14.9. The van der Waals surface area contributed by atoms with E-state index in [2.05, 4.69) is 24.1 Å². The maximum atomic E-state index is 11.2. The summed E-state index contributed by atoms with van der Waals surface area (Å²) in [6, 6.07) is 3.57. The summed E-state index contributed by atoms with van der Waals surface area (Å²) in [6.07, 6.45) is 0. The van der Waals surface area contributed by atoms with Gasteiger partial charge in [0, 0.05) is 13.2 Å². The average Bonchev–Trinajstić information content (AvgIpc) is 2.85. The molecule has 0 fully saturated rings. The van der Waals surface area contributed by atoms with E-state index in [0.717, 1.165) is 4.70 Å². The summed E-state index contributed by atoms with van der Waals surface area (Å²) in [5.41, 5.74) is 2.58. The third kappa shape index (κ3) is 3.43. The van der Waals surface area contributed by atoms with E-state index in [4.69, 9.17) is 4.74 Å². The number of aromatic nitrogens is 1. The molecule has 108 valence electrons. The van der Waals surface area contributed by atoms with Gasteiger partial charge < -0.3 is 10.1 Å². The van der Waals surface area contributed by atoms with Crippen LogP contribution >= 0.6 is 11.3 Å². The molecule has 7 heteroatoms. The summed E-state index contributed by atoms with van der Waals surface area (Å²) >= 11 is 1.39. The largest absolute Gasteiger partial charge is 0.379 e. The van der Waals surface area contributed by atoms with Crippen LogP contribution in [0.25, 0.3) is 10.2 Å². The van der Waals surface area contributed by atoms with Crippen LogP contribution in [-0.2, 0) is 4.74 Å². The normalized spacial score (nSPS) is 11.2. The van der Waals surface area contributed by atoms with Crippen LogP contribution in [0.2, 0.25) is 0 Å². The highest BCUT2D eigenvalue weighted by Crippen LogP contribution is 2.34. The Morgan fingerprint density at radius 1 is 1.50 bits per heavy atom. The number of fused-ring (bicyclic) bond motifs is 1. The van der Waals surface area contributed by atoms with Crippen LogP contribution in [-0.4, -0.2) is 29.7 Å². The van der Waals surface area contributed by atoms with Crippen molar-refractivity contribution in [2.24, 2.45) is 5.92 Å². The van der Waals surface area contributed by atoms with E-state index in [9.17, 15) is 10.1 Å². The quantitative estimate of drug-likeness (QED) is 0.482. The van der Waals surface area contributed by atoms with Crippen molar-refractivity contribution in [3.63, 3.8) is 0 Å². The SMILES string of the molecule is CC(C)COCCNc1ccc2scnc2c1[N+](=O)[O-]. The lowest BCUT2D eigenvalue weighted by Gasteiger charge is -2.09. The fourth-order valence-electron chi connectivity index (χ4n) is 1.82. The van der Waals surface area contributed by atoms with Crippen molar-refractivity contribution in [1.82, 2.24) is 4.98 Å². The molecule has 0 atom stereocenters. The van der Waals surface area contributed by atoms with E-state index < -0.39 is 0 Å². The maximum Gasteiger partial charge on any atom is 0.319 e. The van der Waals surface area contributed by atoms with Gasteiger partial charge in [0.25, 0.3) is 0 Å². The number of hydrogen-bond acceptors (Lipinski definition) is 6. The number of nitrogens with one attached hydrogen (secondary N) is 1. The molecule has 6 nitrogen and oxygen atoms in total. The van der Waals surface area contributed by atoms with Crippen molar-refractivity contribution >= 4 is 32.9 Å². The first-order valence-corrected chi connectivity index (χ1v) is 7.29. The first kappa shape index (κ1) is 14.7. The van der Waals surface area contributed by atoms with Crippen molar-refractivity contribution in [3.8, 4) is 0 Å². The number of rotatable bonds is 7. The predicted octanol–water partition coefficient (Wildman–Crippen LogP) is 3.29. The summed E-state index contributed by atoms with van der Waals surface area (Å²) in [5.74, 6) is 0.482. The zero-order valence-corrected chi connectivity index (χ0v) is 12.3. The number of benzene rings is 1. The Hall–Kier alpha value is -1.73. The van der Waals surface area contributed by atoms with Gasteiger partial charge in [0.1, 0.15) is 5.69 Å². The minimum Gasteiger partial charge on any atom is -0.379 e. The molecule has 0 radical (unpaired) electrons. The molecular weight excluding hydrogens is 278 g/mol. The highest BCUT2D eigenvalue weighted by Gasteiger charge is 2.20. The topological polar surface area (TPSA) is 77.3 Å². The molecule has 0 unspecified atom stereocenters. The molecule has 20 heavy (non-hydrogen) atoms. The summed E-state index contributed by atoms with van der Waals surface area (Å²) in [6.45, 7) is 5.89. The Bertz CT molecular complexity index is 598. The van der Waals surface area contributed by atoms with Crippen LogP contribution in [0.3, 0.4) is 0 Å². The number of ether oxygens (including phenoxy) is 1. The molecule has 2 aromatic rings. The fourth-order valence-corrected chi connectivity index (χ4v) is 2.50. The van der Waals surface area contributed by atoms with Gasteiger partial charge in [0.05, 0.1) is 21.7 Å². The summed E-state index contributed by atoms with van der Waals surface area (Å²) in [5, 5.41) is 14.3. The molecule has 0 aliphatic carbocycles. The third-order valence-corrected chi connectivity index (χ3v) is 3.47. The number of nitro groups is 1. The van der Waals surface area contributed by atoms with Crippen molar-refractivity contribution in [1.29, 1.82) is 0 Å². The second-order valence-corrected chi connectivity index (χ2v) is 5.70. The highest BCUT2D eigenvalue weighted by molar-refractivity contribution is 7.16. The zero-order valence-electron chi connectivity index (χ0n) is 11.5.